The molecule has 0 bridgehead atoms. The first-order valence-corrected chi connectivity index (χ1v) is 5.84. The van der Waals surface area contributed by atoms with Crippen LogP contribution >= 0.6 is 0 Å². The van der Waals surface area contributed by atoms with E-state index in [4.69, 9.17) is 5.11 Å². The van der Waals surface area contributed by atoms with Crippen molar-refractivity contribution in [1.29, 1.82) is 0 Å². The maximum absolute atomic E-state index is 11.1. The number of rotatable bonds is 2. The van der Waals surface area contributed by atoms with Gasteiger partial charge in [-0.2, -0.15) is 5.10 Å². The van der Waals surface area contributed by atoms with Gasteiger partial charge in [-0.25, -0.2) is 14.3 Å². The van der Waals surface area contributed by atoms with Gasteiger partial charge in [-0.3, -0.25) is 0 Å². The molecule has 2 aromatic heterocycles. The van der Waals surface area contributed by atoms with E-state index in [2.05, 4.69) is 10.1 Å². The molecule has 5 nitrogen and oxygen atoms in total. The molecule has 0 saturated heterocycles. The molecule has 88 valence electrons. The monoisotopic (exact) mass is 231 g/mol. The molecule has 0 radical (unpaired) electrons. The Bertz CT molecular complexity index is 570. The van der Waals surface area contributed by atoms with Gasteiger partial charge >= 0.3 is 5.97 Å². The quantitative estimate of drug-likeness (QED) is 0.859. The predicted molar refractivity (Wildman–Crippen MR) is 61.2 cm³/mol. The van der Waals surface area contributed by atoms with Gasteiger partial charge in [-0.05, 0) is 25.0 Å². The number of aromatic carboxylic acids is 1. The first-order chi connectivity index (χ1) is 8.27. The second-order valence-corrected chi connectivity index (χ2v) is 4.43. The molecular weight excluding hydrogens is 218 g/mol. The first kappa shape index (κ1) is 10.3. The number of carboxylic acids is 1. The molecule has 1 aliphatic rings. The summed E-state index contributed by atoms with van der Waals surface area (Å²) in [7, 11) is 0. The number of imidazole rings is 1. The highest BCUT2D eigenvalue weighted by molar-refractivity contribution is 5.93. The van der Waals surface area contributed by atoms with Crippen molar-refractivity contribution >= 4 is 11.5 Å². The number of carbonyl (C=O) groups is 1. The summed E-state index contributed by atoms with van der Waals surface area (Å²) >= 11 is 0. The van der Waals surface area contributed by atoms with Gasteiger partial charge in [0, 0.05) is 12.1 Å². The van der Waals surface area contributed by atoms with Gasteiger partial charge in [0.1, 0.15) is 5.82 Å². The Morgan fingerprint density at radius 2 is 2.18 bits per heavy atom. The van der Waals surface area contributed by atoms with Crippen molar-refractivity contribution in [2.45, 2.75) is 31.6 Å². The zero-order chi connectivity index (χ0) is 11.8. The molecule has 0 aliphatic heterocycles. The van der Waals surface area contributed by atoms with Crippen LogP contribution in [0.25, 0.3) is 5.52 Å². The fourth-order valence-electron chi connectivity index (χ4n) is 2.56. The van der Waals surface area contributed by atoms with Crippen LogP contribution in [0.1, 0.15) is 47.9 Å². The number of carboxylic acid groups (broad SMARTS) is 1. The van der Waals surface area contributed by atoms with E-state index in [9.17, 15) is 4.79 Å². The molecule has 0 unspecified atom stereocenters. The molecule has 0 spiro atoms. The summed E-state index contributed by atoms with van der Waals surface area (Å²) in [6.07, 6.45) is 6.20. The largest absolute Gasteiger partial charge is 0.476 e. The van der Waals surface area contributed by atoms with Gasteiger partial charge in [-0.1, -0.05) is 12.8 Å². The summed E-state index contributed by atoms with van der Waals surface area (Å²) in [5, 5.41) is 13.4. The van der Waals surface area contributed by atoms with Crippen molar-refractivity contribution in [3.8, 4) is 0 Å². The van der Waals surface area contributed by atoms with Gasteiger partial charge in [0.25, 0.3) is 0 Å². The van der Waals surface area contributed by atoms with Crippen LogP contribution in [0.4, 0.5) is 0 Å². The second kappa shape index (κ2) is 3.84. The minimum atomic E-state index is -0.986. The van der Waals surface area contributed by atoms with Crippen molar-refractivity contribution in [1.82, 2.24) is 14.6 Å². The van der Waals surface area contributed by atoms with Crippen LogP contribution in [-0.2, 0) is 0 Å². The summed E-state index contributed by atoms with van der Waals surface area (Å²) in [4.78, 5) is 15.4. The third-order valence-electron chi connectivity index (χ3n) is 3.36. The summed E-state index contributed by atoms with van der Waals surface area (Å²) in [5.74, 6) is 0.167. The topological polar surface area (TPSA) is 67.5 Å². The van der Waals surface area contributed by atoms with Gasteiger partial charge in [0.15, 0.2) is 5.69 Å². The third-order valence-corrected chi connectivity index (χ3v) is 3.36. The zero-order valence-corrected chi connectivity index (χ0v) is 9.33. The highest BCUT2D eigenvalue weighted by atomic mass is 16.4. The van der Waals surface area contributed by atoms with E-state index in [1.807, 2.05) is 0 Å². The summed E-state index contributed by atoms with van der Waals surface area (Å²) in [6, 6.07) is 3.49. The van der Waals surface area contributed by atoms with Gasteiger partial charge < -0.3 is 5.11 Å². The number of nitrogens with zero attached hydrogens (tertiary/aromatic N) is 3. The summed E-state index contributed by atoms with van der Waals surface area (Å²) in [6.45, 7) is 0. The molecule has 17 heavy (non-hydrogen) atoms. The molecular formula is C12H13N3O2. The normalized spacial score (nSPS) is 16.7. The Balaban J connectivity index is 2.20. The van der Waals surface area contributed by atoms with Crippen molar-refractivity contribution in [3.05, 3.63) is 29.8 Å². The number of hydrogen-bond acceptors (Lipinski definition) is 3. The van der Waals surface area contributed by atoms with Crippen LogP contribution in [0.5, 0.6) is 0 Å². The molecule has 2 aromatic rings. The Morgan fingerprint density at radius 1 is 1.41 bits per heavy atom. The first-order valence-electron chi connectivity index (χ1n) is 5.84. The third kappa shape index (κ3) is 1.58. The highest BCUT2D eigenvalue weighted by Gasteiger charge is 2.25. The Kier molecular flexibility index (Phi) is 2.31. The molecule has 0 aromatic carbocycles. The van der Waals surface area contributed by atoms with E-state index in [1.165, 1.54) is 12.8 Å². The highest BCUT2D eigenvalue weighted by Crippen LogP contribution is 2.33. The number of hydrogen-bond donors (Lipinski definition) is 1. The van der Waals surface area contributed by atoms with Crippen molar-refractivity contribution in [2.24, 2.45) is 0 Å². The van der Waals surface area contributed by atoms with Crippen LogP contribution in [0.15, 0.2) is 18.3 Å². The smallest absolute Gasteiger partial charge is 0.356 e. The van der Waals surface area contributed by atoms with E-state index in [1.54, 1.807) is 22.8 Å². The molecule has 5 heteroatoms. The van der Waals surface area contributed by atoms with Gasteiger partial charge in [0.05, 0.1) is 5.52 Å². The molecule has 0 atom stereocenters. The maximum Gasteiger partial charge on any atom is 0.356 e. The van der Waals surface area contributed by atoms with Crippen LogP contribution < -0.4 is 0 Å². The SMILES string of the molecule is O=C(O)c1nc(C2CCCC2)n2ncccc12. The predicted octanol–water partition coefficient (Wildman–Crippen LogP) is 2.09. The summed E-state index contributed by atoms with van der Waals surface area (Å²) < 4.78 is 1.68. The number of aromatic nitrogens is 3. The van der Waals surface area contributed by atoms with E-state index >= 15 is 0 Å². The minimum absolute atomic E-state index is 0.111. The van der Waals surface area contributed by atoms with Gasteiger partial charge in [0.2, 0.25) is 0 Å². The lowest BCUT2D eigenvalue weighted by atomic mass is 10.1. The fraction of sp³-hybridized carbons (Fsp3) is 0.417. The lowest BCUT2D eigenvalue weighted by Gasteiger charge is -2.05. The van der Waals surface area contributed by atoms with Crippen LogP contribution in [0.3, 0.4) is 0 Å². The molecule has 1 saturated carbocycles. The standard InChI is InChI=1S/C12H13N3O2/c16-12(17)10-9-6-3-7-13-15(9)11(14-10)8-4-1-2-5-8/h3,6-8H,1-2,4-5H2,(H,16,17). The second-order valence-electron chi connectivity index (χ2n) is 4.43. The summed E-state index contributed by atoms with van der Waals surface area (Å²) in [5.41, 5.74) is 0.696. The lowest BCUT2D eigenvalue weighted by Crippen LogP contribution is -2.02. The average Bonchev–Trinajstić information content (AvgIpc) is 2.95. The molecule has 2 heterocycles. The van der Waals surface area contributed by atoms with Crippen LogP contribution in [-0.4, -0.2) is 25.7 Å². The van der Waals surface area contributed by atoms with E-state index in [0.717, 1.165) is 18.7 Å². The van der Waals surface area contributed by atoms with E-state index < -0.39 is 5.97 Å². The van der Waals surface area contributed by atoms with Crippen molar-refractivity contribution < 1.29 is 9.90 Å². The number of fused-ring (bicyclic) bond motifs is 1. The average molecular weight is 231 g/mol. The maximum atomic E-state index is 11.1. The Morgan fingerprint density at radius 3 is 2.88 bits per heavy atom. The van der Waals surface area contributed by atoms with E-state index in [-0.39, 0.29) is 5.69 Å². The molecule has 3 rings (SSSR count). The molecule has 1 fully saturated rings. The minimum Gasteiger partial charge on any atom is -0.476 e. The zero-order valence-electron chi connectivity index (χ0n) is 9.33. The molecule has 1 N–H and O–H groups in total. The van der Waals surface area contributed by atoms with Crippen LogP contribution in [0, 0.1) is 0 Å². The van der Waals surface area contributed by atoms with E-state index in [0.29, 0.717) is 11.4 Å². The van der Waals surface area contributed by atoms with Crippen LogP contribution in [0.2, 0.25) is 0 Å². The molecule has 1 aliphatic carbocycles. The van der Waals surface area contributed by atoms with Gasteiger partial charge in [-0.15, -0.1) is 0 Å². The van der Waals surface area contributed by atoms with Crippen molar-refractivity contribution in [2.75, 3.05) is 0 Å². The molecule has 0 amide bonds. The fourth-order valence-corrected chi connectivity index (χ4v) is 2.56. The Hall–Kier alpha value is -1.91. The Labute approximate surface area is 98.1 Å². The van der Waals surface area contributed by atoms with Crippen molar-refractivity contribution in [3.63, 3.8) is 0 Å². The lowest BCUT2D eigenvalue weighted by molar-refractivity contribution is 0.0693.